The van der Waals surface area contributed by atoms with Crippen molar-refractivity contribution in [2.45, 2.75) is 19.4 Å². The van der Waals surface area contributed by atoms with E-state index in [1.165, 1.54) is 24.3 Å². The van der Waals surface area contributed by atoms with Gasteiger partial charge in [-0.25, -0.2) is 18.7 Å². The number of ether oxygens (including phenoxy) is 1. The molecule has 0 unspecified atom stereocenters. The Balaban J connectivity index is 1.27. The number of aromatic nitrogens is 2. The number of carbonyl (C=O) groups excluding carboxylic acids is 1. The second kappa shape index (κ2) is 8.02. The van der Waals surface area contributed by atoms with Crippen LogP contribution in [0.4, 0.5) is 26.0 Å². The van der Waals surface area contributed by atoms with Gasteiger partial charge < -0.3 is 20.3 Å². The molecule has 0 aliphatic carbocycles. The molecule has 2 N–H and O–H groups in total. The number of nitrogens with one attached hydrogen (secondary N) is 2. The third kappa shape index (κ3) is 3.56. The van der Waals surface area contributed by atoms with E-state index in [9.17, 15) is 13.6 Å². The van der Waals surface area contributed by atoms with Crippen LogP contribution in [0.1, 0.15) is 28.9 Å². The molecule has 1 amide bonds. The summed E-state index contributed by atoms with van der Waals surface area (Å²) in [6, 6.07) is 9.00. The number of anilines is 3. The molecule has 174 valence electrons. The van der Waals surface area contributed by atoms with E-state index in [-0.39, 0.29) is 23.7 Å². The average molecular weight is 463 g/mol. The van der Waals surface area contributed by atoms with Crippen molar-refractivity contribution < 1.29 is 18.3 Å². The zero-order valence-corrected chi connectivity index (χ0v) is 18.4. The van der Waals surface area contributed by atoms with Crippen LogP contribution >= 0.6 is 0 Å². The molecule has 9 heteroatoms. The fourth-order valence-electron chi connectivity index (χ4n) is 4.90. The second-order valence-corrected chi connectivity index (χ2v) is 9.16. The van der Waals surface area contributed by atoms with Gasteiger partial charge in [0, 0.05) is 18.5 Å². The third-order valence-corrected chi connectivity index (χ3v) is 6.97. The van der Waals surface area contributed by atoms with Gasteiger partial charge >= 0.3 is 0 Å². The minimum atomic E-state index is -0.713. The number of amides is 1. The first-order chi connectivity index (χ1) is 16.5. The van der Waals surface area contributed by atoms with Gasteiger partial charge in [-0.2, -0.15) is 0 Å². The topological polar surface area (TPSA) is 79.4 Å². The lowest BCUT2D eigenvalue weighted by Crippen LogP contribution is -2.50. The average Bonchev–Trinajstić information content (AvgIpc) is 3.19. The molecule has 7 nitrogen and oxygen atoms in total. The summed E-state index contributed by atoms with van der Waals surface area (Å²) in [5.41, 5.74) is 2.49. The first-order valence-corrected chi connectivity index (χ1v) is 11.3. The highest BCUT2D eigenvalue weighted by atomic mass is 19.1. The van der Waals surface area contributed by atoms with Gasteiger partial charge in [0.05, 0.1) is 59.8 Å². The molecule has 0 atom stereocenters. The van der Waals surface area contributed by atoms with Crippen molar-refractivity contribution in [2.75, 3.05) is 36.5 Å². The number of piperidine rings is 1. The van der Waals surface area contributed by atoms with Crippen LogP contribution in [0.2, 0.25) is 0 Å². The van der Waals surface area contributed by atoms with Crippen molar-refractivity contribution in [1.82, 2.24) is 15.3 Å². The van der Waals surface area contributed by atoms with Crippen molar-refractivity contribution in [2.24, 2.45) is 5.41 Å². The molecular formula is C25H23F2N5O2. The lowest BCUT2D eigenvalue weighted by molar-refractivity contribution is -0.124. The van der Waals surface area contributed by atoms with Crippen molar-refractivity contribution in [3.63, 3.8) is 0 Å². The maximum Gasteiger partial charge on any atom is 0.255 e. The number of carbonyl (C=O) groups is 1. The Morgan fingerprint density at radius 2 is 1.82 bits per heavy atom. The van der Waals surface area contributed by atoms with Crippen LogP contribution in [0.3, 0.4) is 0 Å². The van der Waals surface area contributed by atoms with Gasteiger partial charge in [0.2, 0.25) is 0 Å². The molecule has 1 spiro atoms. The van der Waals surface area contributed by atoms with E-state index >= 15 is 0 Å². The van der Waals surface area contributed by atoms with Gasteiger partial charge in [-0.3, -0.25) is 4.79 Å². The molecule has 34 heavy (non-hydrogen) atoms. The van der Waals surface area contributed by atoms with Crippen molar-refractivity contribution >= 4 is 23.1 Å². The standard InChI is InChI=1S/C25H23F2N5O2/c26-16-2-1-3-17(27)22(16)18-10-19(23-20(30-18)12-29-24(23)33)31-21-5-4-15(11-28-21)32-8-6-25(7-9-32)13-34-14-25/h1-5,10-11H,6-9,12-14H2,(H,29,33)(H,28,30,31). The quantitative estimate of drug-likeness (QED) is 0.609. The van der Waals surface area contributed by atoms with E-state index < -0.39 is 11.6 Å². The maximum absolute atomic E-state index is 14.4. The molecule has 0 saturated carbocycles. The minimum Gasteiger partial charge on any atom is -0.380 e. The predicted molar refractivity (Wildman–Crippen MR) is 123 cm³/mol. The van der Waals surface area contributed by atoms with Crippen LogP contribution in [0, 0.1) is 17.0 Å². The predicted octanol–water partition coefficient (Wildman–Crippen LogP) is 4.03. The summed E-state index contributed by atoms with van der Waals surface area (Å²) in [6.07, 6.45) is 4.03. The highest BCUT2D eigenvalue weighted by Crippen LogP contribution is 2.39. The van der Waals surface area contributed by atoms with Crippen LogP contribution in [0.5, 0.6) is 0 Å². The van der Waals surface area contributed by atoms with Crippen LogP contribution in [-0.2, 0) is 11.3 Å². The van der Waals surface area contributed by atoms with Crippen LogP contribution in [0.25, 0.3) is 11.3 Å². The number of hydrogen-bond donors (Lipinski definition) is 2. The molecule has 2 saturated heterocycles. The Labute approximate surface area is 195 Å². The fraction of sp³-hybridized carbons (Fsp3) is 0.320. The van der Waals surface area contributed by atoms with Crippen molar-refractivity contribution in [3.8, 4) is 11.3 Å². The molecule has 3 aliphatic heterocycles. The van der Waals surface area contributed by atoms with E-state index in [4.69, 9.17) is 4.74 Å². The first kappa shape index (κ1) is 21.0. The molecule has 2 aromatic heterocycles. The number of halogens is 2. The summed E-state index contributed by atoms with van der Waals surface area (Å²) in [4.78, 5) is 23.6. The first-order valence-electron chi connectivity index (χ1n) is 11.3. The highest BCUT2D eigenvalue weighted by Gasteiger charge is 2.41. The summed E-state index contributed by atoms with van der Waals surface area (Å²) in [5.74, 6) is -1.19. The molecule has 5 heterocycles. The molecule has 2 fully saturated rings. The number of benzene rings is 1. The Morgan fingerprint density at radius 1 is 1.06 bits per heavy atom. The number of fused-ring (bicyclic) bond motifs is 1. The highest BCUT2D eigenvalue weighted by molar-refractivity contribution is 6.04. The van der Waals surface area contributed by atoms with Crippen LogP contribution in [-0.4, -0.2) is 42.2 Å². The van der Waals surface area contributed by atoms with E-state index in [0.29, 0.717) is 28.2 Å². The Kier molecular flexibility index (Phi) is 4.95. The van der Waals surface area contributed by atoms with Gasteiger partial charge in [0.15, 0.2) is 0 Å². The zero-order chi connectivity index (χ0) is 23.3. The smallest absolute Gasteiger partial charge is 0.255 e. The molecular weight excluding hydrogens is 440 g/mol. The summed E-state index contributed by atoms with van der Waals surface area (Å²) in [7, 11) is 0. The normalized spacial score (nSPS) is 18.4. The number of hydrogen-bond acceptors (Lipinski definition) is 6. The Morgan fingerprint density at radius 3 is 2.47 bits per heavy atom. The summed E-state index contributed by atoms with van der Waals surface area (Å²) < 4.78 is 34.2. The van der Waals surface area contributed by atoms with E-state index in [1.807, 2.05) is 12.1 Å². The van der Waals surface area contributed by atoms with Crippen molar-refractivity contribution in [1.29, 1.82) is 0 Å². The summed E-state index contributed by atoms with van der Waals surface area (Å²) in [5, 5.41) is 5.88. The lowest BCUT2D eigenvalue weighted by Gasteiger charge is -2.47. The van der Waals surface area contributed by atoms with Crippen LogP contribution in [0.15, 0.2) is 42.6 Å². The largest absolute Gasteiger partial charge is 0.380 e. The van der Waals surface area contributed by atoms with E-state index in [0.717, 1.165) is 44.8 Å². The number of nitrogens with zero attached hydrogens (tertiary/aromatic N) is 3. The Bertz CT molecular complexity index is 1250. The zero-order valence-electron chi connectivity index (χ0n) is 18.4. The maximum atomic E-state index is 14.4. The van der Waals surface area contributed by atoms with Crippen LogP contribution < -0.4 is 15.5 Å². The van der Waals surface area contributed by atoms with Crippen molar-refractivity contribution in [3.05, 3.63) is 65.5 Å². The molecule has 0 bridgehead atoms. The number of rotatable bonds is 4. The fourth-order valence-corrected chi connectivity index (χ4v) is 4.90. The third-order valence-electron chi connectivity index (χ3n) is 6.97. The molecule has 6 rings (SSSR count). The van der Waals surface area contributed by atoms with Gasteiger partial charge in [0.1, 0.15) is 17.5 Å². The van der Waals surface area contributed by atoms with Gasteiger partial charge in [-0.05, 0) is 43.2 Å². The van der Waals surface area contributed by atoms with Gasteiger partial charge in [-0.15, -0.1) is 0 Å². The molecule has 3 aromatic rings. The van der Waals surface area contributed by atoms with Gasteiger partial charge in [-0.1, -0.05) is 6.07 Å². The summed E-state index contributed by atoms with van der Waals surface area (Å²) in [6.45, 7) is 3.86. The molecule has 1 aromatic carbocycles. The summed E-state index contributed by atoms with van der Waals surface area (Å²) >= 11 is 0. The number of pyridine rings is 2. The van der Waals surface area contributed by atoms with E-state index in [2.05, 4.69) is 25.5 Å². The monoisotopic (exact) mass is 463 g/mol. The minimum absolute atomic E-state index is 0.118. The molecule has 3 aliphatic rings. The SMILES string of the molecule is O=C1NCc2nc(-c3c(F)cccc3F)cc(Nc3ccc(N4CCC5(CC4)COC5)cn3)c21. The second-order valence-electron chi connectivity index (χ2n) is 9.16. The van der Waals surface area contributed by atoms with E-state index in [1.54, 1.807) is 6.20 Å². The lowest BCUT2D eigenvalue weighted by atomic mass is 9.77. The molecule has 0 radical (unpaired) electrons. The van der Waals surface area contributed by atoms with Gasteiger partial charge in [0.25, 0.3) is 5.91 Å². The Hall–Kier alpha value is -3.59.